The van der Waals surface area contributed by atoms with Gasteiger partial charge in [0.25, 0.3) is 0 Å². The van der Waals surface area contributed by atoms with Crippen molar-refractivity contribution < 1.29 is 117 Å². The monoisotopic (exact) mass is 1340 g/mol. The van der Waals surface area contributed by atoms with Crippen molar-refractivity contribution in [1.82, 2.24) is 19.6 Å². The zero-order chi connectivity index (χ0) is 52.5. The maximum Gasteiger partial charge on any atom is 2.00 e. The third kappa shape index (κ3) is 34.6. The molecule has 4 radical (unpaired) electrons. The Morgan fingerprint density at radius 1 is 0.405 bits per heavy atom. The minimum absolute atomic E-state index is 0. The van der Waals surface area contributed by atoms with Crippen molar-refractivity contribution in [1.29, 1.82) is 21.0 Å². The van der Waals surface area contributed by atoms with Crippen molar-refractivity contribution >= 4 is 32.0 Å². The minimum Gasteiger partial charge on any atom is -0.870 e. The second-order valence-electron chi connectivity index (χ2n) is 15.4. The average molecular weight is 1330 g/mol. The van der Waals surface area contributed by atoms with Gasteiger partial charge in [0.2, 0.25) is 0 Å². The van der Waals surface area contributed by atoms with Crippen molar-refractivity contribution in [2.24, 2.45) is 0 Å². The molecule has 0 unspecified atom stereocenters. The smallest absolute Gasteiger partial charge is 0.870 e. The molecular formula is C50H68Co4N8O10Se2. The normalized spacial score (nSPS) is 8.95. The molecule has 4 aromatic rings. The first-order chi connectivity index (χ1) is 32.1. The van der Waals surface area contributed by atoms with Gasteiger partial charge >= 0.3 is 120 Å². The SMILES string of the molecule is CC#N.CC#N.COc1cc(C)cc(CN(C)CCN(C)Cc2cc(C)cc(OC)c2[O-])c1[O-].COc1cc(C)cc(CN(C)CCN(C)Cc2cc(C)cc(OC)c2[O-])c1[O-].N#C[Se-].N#C[Se-].[Co+2].[Co+2].[Co+2].[Co+2].[OH-].[OH-]. The van der Waals surface area contributed by atoms with E-state index in [0.717, 1.165) is 70.7 Å². The van der Waals surface area contributed by atoms with Gasteiger partial charge in [-0.15, -0.1) is 0 Å². The van der Waals surface area contributed by atoms with Crippen LogP contribution in [-0.2, 0) is 93.3 Å². The van der Waals surface area contributed by atoms with Crippen molar-refractivity contribution in [2.75, 3.05) is 82.8 Å². The number of likely N-dealkylation sites (N-methyl/N-ethyl adjacent to an activating group) is 4. The molecule has 4 rings (SSSR count). The van der Waals surface area contributed by atoms with Crippen LogP contribution in [0.5, 0.6) is 46.0 Å². The van der Waals surface area contributed by atoms with E-state index in [0.29, 0.717) is 49.2 Å². The van der Waals surface area contributed by atoms with Crippen LogP contribution < -0.4 is 39.4 Å². The first-order valence-electron chi connectivity index (χ1n) is 20.9. The largest absolute Gasteiger partial charge is 2.00 e. The van der Waals surface area contributed by atoms with Gasteiger partial charge < -0.3 is 69.9 Å². The number of hydrogen-bond acceptors (Lipinski definition) is 18. The van der Waals surface area contributed by atoms with Crippen LogP contribution in [0, 0.1) is 70.8 Å². The number of rotatable bonds is 18. The molecule has 0 fully saturated rings. The van der Waals surface area contributed by atoms with Crippen molar-refractivity contribution in [3.05, 3.63) is 93.0 Å². The molecule has 0 amide bonds. The molecule has 0 spiro atoms. The molecule has 0 aliphatic carbocycles. The second-order valence-corrected chi connectivity index (χ2v) is 16.2. The first kappa shape index (κ1) is 86.8. The van der Waals surface area contributed by atoms with Gasteiger partial charge in [0.05, 0.1) is 40.6 Å². The van der Waals surface area contributed by atoms with E-state index < -0.39 is 0 Å². The van der Waals surface area contributed by atoms with E-state index in [4.69, 9.17) is 40.0 Å². The molecule has 74 heavy (non-hydrogen) atoms. The molecule has 18 nitrogen and oxygen atoms in total. The van der Waals surface area contributed by atoms with E-state index in [-0.39, 0.29) is 101 Å². The molecule has 416 valence electrons. The molecule has 24 heteroatoms. The summed E-state index contributed by atoms with van der Waals surface area (Å²) in [5, 5.41) is 78.7. The summed E-state index contributed by atoms with van der Waals surface area (Å²) < 4.78 is 20.7. The van der Waals surface area contributed by atoms with Crippen molar-refractivity contribution in [2.45, 2.75) is 67.7 Å². The second kappa shape index (κ2) is 49.9. The van der Waals surface area contributed by atoms with Gasteiger partial charge in [0, 0.05) is 66.2 Å². The van der Waals surface area contributed by atoms with Crippen molar-refractivity contribution in [3.63, 3.8) is 0 Å². The number of nitrogens with zero attached hydrogens (tertiary/aromatic N) is 8. The van der Waals surface area contributed by atoms with Gasteiger partial charge in [-0.1, -0.05) is 47.3 Å². The Balaban J connectivity index is -0.000000151. The van der Waals surface area contributed by atoms with Crippen LogP contribution in [0.4, 0.5) is 0 Å². The number of hydrogen-bond donors (Lipinski definition) is 0. The standard InChI is InChI=1S/2C22H32N2O4.2C2H3N.2CHNSe.4Co.2H2O/c2*1-15-9-17(21(25)19(11-15)27-5)13-23(3)7-8-24(4)14-18-10-16(2)12-20(28-6)22(18)26;2*1-2-3;2*2-1-3;;;;;;/h2*9-12,25-26H,7-8,13-14H2,1-6H3;2*1H3;2*3H;;;;;2*1H2/q;;;;;;4*+2;;/p-8. The molecule has 2 N–H and O–H groups in total. The summed E-state index contributed by atoms with van der Waals surface area (Å²) in [5.41, 5.74) is 6.95. The maximum absolute atomic E-state index is 12.4. The maximum atomic E-state index is 12.4. The van der Waals surface area contributed by atoms with Gasteiger partial charge in [0.1, 0.15) is 23.0 Å². The van der Waals surface area contributed by atoms with E-state index in [9.17, 15) is 20.4 Å². The van der Waals surface area contributed by atoms with Crippen molar-refractivity contribution in [3.8, 4) is 68.1 Å². The van der Waals surface area contributed by atoms with Crippen LogP contribution in [0.15, 0.2) is 48.5 Å². The zero-order valence-electron chi connectivity index (χ0n) is 44.2. The van der Waals surface area contributed by atoms with E-state index in [1.807, 2.05) is 80.2 Å². The Labute approximate surface area is 497 Å². The Hall–Kier alpha value is -3.94. The summed E-state index contributed by atoms with van der Waals surface area (Å²) in [6, 6.07) is 18.2. The summed E-state index contributed by atoms with van der Waals surface area (Å²) in [5.74, 6) is 1.31. The Bertz CT molecular complexity index is 2000. The van der Waals surface area contributed by atoms with E-state index >= 15 is 0 Å². The molecule has 0 aliphatic heterocycles. The molecule has 0 heterocycles. The molecule has 0 aromatic heterocycles. The predicted molar refractivity (Wildman–Crippen MR) is 263 cm³/mol. The van der Waals surface area contributed by atoms with Crippen LogP contribution >= 0.6 is 0 Å². The van der Waals surface area contributed by atoms with Gasteiger partial charge in [-0.05, 0) is 125 Å². The number of methoxy groups -OCH3 is 4. The van der Waals surface area contributed by atoms with Gasteiger partial charge in [-0.25, -0.2) is 0 Å². The molecule has 0 atom stereocenters. The Morgan fingerprint density at radius 3 is 0.662 bits per heavy atom. The van der Waals surface area contributed by atoms with Crippen LogP contribution in [-0.4, -0.2) is 145 Å². The Morgan fingerprint density at radius 2 is 0.541 bits per heavy atom. The summed E-state index contributed by atoms with van der Waals surface area (Å²) in [7, 11) is 14.0. The summed E-state index contributed by atoms with van der Waals surface area (Å²) in [4.78, 5) is 11.6. The fraction of sp³-hybridized carbons (Fsp3) is 0.440. The average Bonchev–Trinajstić information content (AvgIpc) is 3.28. The van der Waals surface area contributed by atoms with E-state index in [1.54, 1.807) is 46.3 Å². The predicted octanol–water partition coefficient (Wildman–Crippen LogP) is 4.03. The molecule has 0 aliphatic rings. The molecular weight excluding hydrogens is 1270 g/mol. The summed E-state index contributed by atoms with van der Waals surface area (Å²) in [6.07, 6.45) is 0. The third-order valence-electron chi connectivity index (χ3n) is 9.47. The quantitative estimate of drug-likeness (QED) is 0.127. The number of benzene rings is 4. The third-order valence-corrected chi connectivity index (χ3v) is 9.47. The number of ether oxygens (including phenoxy) is 4. The van der Waals surface area contributed by atoms with Gasteiger partial charge in [-0.3, -0.25) is 0 Å². The molecule has 4 aromatic carbocycles. The van der Waals surface area contributed by atoms with Gasteiger partial charge in [0.15, 0.2) is 0 Å². The van der Waals surface area contributed by atoms with E-state index in [2.05, 4.69) is 51.6 Å². The fourth-order valence-electron chi connectivity index (χ4n) is 6.49. The van der Waals surface area contributed by atoms with E-state index in [1.165, 1.54) is 42.3 Å². The molecule has 0 saturated heterocycles. The summed E-state index contributed by atoms with van der Waals surface area (Å²) >= 11 is 4.22. The topological polar surface area (TPSA) is 297 Å². The van der Waals surface area contributed by atoms with Crippen LogP contribution in [0.1, 0.15) is 58.4 Å². The van der Waals surface area contributed by atoms with Crippen LogP contribution in [0.25, 0.3) is 0 Å². The van der Waals surface area contributed by atoms with Gasteiger partial charge in [-0.2, -0.15) is 10.5 Å². The fourth-order valence-corrected chi connectivity index (χ4v) is 6.49. The first-order valence-corrected chi connectivity index (χ1v) is 22.6. The summed E-state index contributed by atoms with van der Waals surface area (Å²) in [6.45, 7) is 16.0. The Kier molecular flexibility index (Phi) is 58.5. The van der Waals surface area contributed by atoms with Crippen LogP contribution in [0.2, 0.25) is 0 Å². The minimum atomic E-state index is -0.0591. The zero-order valence-corrected chi connectivity index (χ0v) is 51.8. The molecule has 0 saturated carbocycles. The molecule has 0 bridgehead atoms. The number of aryl methyl sites for hydroxylation is 4. The van der Waals surface area contributed by atoms with Crippen LogP contribution in [0.3, 0.4) is 0 Å². The number of nitriles is 4.